The number of methoxy groups -OCH3 is 1. The van der Waals surface area contributed by atoms with Gasteiger partial charge in [0.15, 0.2) is 11.5 Å². The topological polar surface area (TPSA) is 60.0 Å². The molecule has 6 nitrogen and oxygen atoms in total. The zero-order valence-electron chi connectivity index (χ0n) is 16.8. The molecule has 7 heteroatoms. The predicted octanol–water partition coefficient (Wildman–Crippen LogP) is 3.55. The van der Waals surface area contributed by atoms with Crippen LogP contribution in [0.1, 0.15) is 17.2 Å². The Morgan fingerprint density at radius 2 is 1.97 bits per heavy atom. The molecule has 0 aromatic heterocycles. The first-order valence-electron chi connectivity index (χ1n) is 9.33. The molecular formula is C22H25ClN2O4. The van der Waals surface area contributed by atoms with Crippen LogP contribution in [0.25, 0.3) is 6.08 Å². The molecule has 0 aliphatic carbocycles. The lowest BCUT2D eigenvalue weighted by molar-refractivity contribution is -0.116. The monoisotopic (exact) mass is 416 g/mol. The van der Waals surface area contributed by atoms with Gasteiger partial charge in [0, 0.05) is 12.6 Å². The lowest BCUT2D eigenvalue weighted by Crippen LogP contribution is -2.33. The van der Waals surface area contributed by atoms with Gasteiger partial charge in [-0.1, -0.05) is 23.7 Å². The molecule has 0 spiro atoms. The summed E-state index contributed by atoms with van der Waals surface area (Å²) < 4.78 is 16.3. The quantitative estimate of drug-likeness (QED) is 0.699. The molecule has 29 heavy (non-hydrogen) atoms. The normalized spacial score (nSPS) is 14.1. The minimum atomic E-state index is -0.184. The Morgan fingerprint density at radius 3 is 2.66 bits per heavy atom. The van der Waals surface area contributed by atoms with E-state index in [9.17, 15) is 4.79 Å². The number of benzene rings is 2. The first-order valence-corrected chi connectivity index (χ1v) is 9.71. The summed E-state index contributed by atoms with van der Waals surface area (Å²) >= 11 is 6.24. The number of hydrogen-bond donors (Lipinski definition) is 1. The molecule has 1 atom stereocenters. The van der Waals surface area contributed by atoms with Gasteiger partial charge in [-0.3, -0.25) is 4.79 Å². The number of amides is 1. The van der Waals surface area contributed by atoms with E-state index in [4.69, 9.17) is 25.8 Å². The number of hydrogen-bond acceptors (Lipinski definition) is 5. The first-order chi connectivity index (χ1) is 14.0. The molecule has 0 saturated heterocycles. The highest BCUT2D eigenvalue weighted by molar-refractivity contribution is 6.32. The standard InChI is InChI=1S/C22H25ClN2O4/c1-25(2)19(16-5-7-17(27-3)8-6-16)14-24-21(26)9-4-15-12-18(23)22-20(13-15)28-10-11-29-22/h4-9,12-13,19H,10-11,14H2,1-3H3,(H,24,26)/b9-4+. The Bertz CT molecular complexity index is 881. The number of carbonyl (C=O) groups excluding carboxylic acids is 1. The van der Waals surface area contributed by atoms with Crippen molar-refractivity contribution in [3.05, 3.63) is 58.6 Å². The Hall–Kier alpha value is -2.70. The van der Waals surface area contributed by atoms with Crippen molar-refractivity contribution in [3.63, 3.8) is 0 Å². The molecule has 1 heterocycles. The van der Waals surface area contributed by atoms with Gasteiger partial charge >= 0.3 is 0 Å². The number of rotatable bonds is 7. The molecule has 154 valence electrons. The van der Waals surface area contributed by atoms with E-state index in [-0.39, 0.29) is 11.9 Å². The van der Waals surface area contributed by atoms with Crippen LogP contribution in [-0.2, 0) is 4.79 Å². The third-order valence-electron chi connectivity index (χ3n) is 4.64. The van der Waals surface area contributed by atoms with E-state index in [1.54, 1.807) is 19.3 Å². The molecule has 2 aromatic rings. The minimum absolute atomic E-state index is 0.0435. The summed E-state index contributed by atoms with van der Waals surface area (Å²) in [6.45, 7) is 1.43. The molecule has 1 aliphatic heterocycles. The highest BCUT2D eigenvalue weighted by Gasteiger charge is 2.17. The van der Waals surface area contributed by atoms with Crippen LogP contribution in [0, 0.1) is 0 Å². The summed E-state index contributed by atoms with van der Waals surface area (Å²) in [5.74, 6) is 1.76. The zero-order valence-corrected chi connectivity index (χ0v) is 17.5. The Balaban J connectivity index is 1.62. The van der Waals surface area contributed by atoms with Crippen molar-refractivity contribution in [1.82, 2.24) is 10.2 Å². The van der Waals surface area contributed by atoms with E-state index in [2.05, 4.69) is 10.2 Å². The second kappa shape index (κ2) is 9.67. The third-order valence-corrected chi connectivity index (χ3v) is 4.92. The van der Waals surface area contributed by atoms with E-state index in [1.165, 1.54) is 6.08 Å². The van der Waals surface area contributed by atoms with Gasteiger partial charge in [-0.25, -0.2) is 0 Å². The molecule has 3 rings (SSSR count). The summed E-state index contributed by atoms with van der Waals surface area (Å²) in [6.07, 6.45) is 3.19. The van der Waals surface area contributed by atoms with Crippen molar-refractivity contribution in [2.45, 2.75) is 6.04 Å². The molecule has 0 radical (unpaired) electrons. The lowest BCUT2D eigenvalue weighted by atomic mass is 10.1. The number of fused-ring (bicyclic) bond motifs is 1. The second-order valence-corrected chi connectivity index (χ2v) is 7.27. The van der Waals surface area contributed by atoms with E-state index >= 15 is 0 Å². The Kier molecular flexibility index (Phi) is 7.01. The van der Waals surface area contributed by atoms with Gasteiger partial charge in [-0.15, -0.1) is 0 Å². The van der Waals surface area contributed by atoms with Crippen molar-refractivity contribution < 1.29 is 19.0 Å². The molecular weight excluding hydrogens is 392 g/mol. The summed E-state index contributed by atoms with van der Waals surface area (Å²) in [5, 5.41) is 3.42. The van der Waals surface area contributed by atoms with E-state index in [0.29, 0.717) is 36.3 Å². The second-order valence-electron chi connectivity index (χ2n) is 6.86. The number of carbonyl (C=O) groups is 1. The van der Waals surface area contributed by atoms with E-state index in [1.807, 2.05) is 44.4 Å². The minimum Gasteiger partial charge on any atom is -0.497 e. The Morgan fingerprint density at radius 1 is 1.24 bits per heavy atom. The Labute approximate surface area is 176 Å². The number of nitrogens with one attached hydrogen (secondary N) is 1. The van der Waals surface area contributed by atoms with Gasteiger partial charge in [0.1, 0.15) is 19.0 Å². The zero-order chi connectivity index (χ0) is 20.8. The predicted molar refractivity (Wildman–Crippen MR) is 114 cm³/mol. The van der Waals surface area contributed by atoms with Crippen LogP contribution >= 0.6 is 11.6 Å². The molecule has 0 bridgehead atoms. The van der Waals surface area contributed by atoms with Crippen LogP contribution in [0.15, 0.2) is 42.5 Å². The number of ether oxygens (including phenoxy) is 3. The fourth-order valence-corrected chi connectivity index (χ4v) is 3.35. The average Bonchev–Trinajstić information content (AvgIpc) is 2.72. The average molecular weight is 417 g/mol. The maximum atomic E-state index is 12.3. The van der Waals surface area contributed by atoms with E-state index < -0.39 is 0 Å². The fourth-order valence-electron chi connectivity index (χ4n) is 3.08. The number of halogens is 1. The largest absolute Gasteiger partial charge is 0.497 e. The highest BCUT2D eigenvalue weighted by atomic mass is 35.5. The summed E-state index contributed by atoms with van der Waals surface area (Å²) in [4.78, 5) is 14.4. The van der Waals surface area contributed by atoms with Crippen LogP contribution in [-0.4, -0.2) is 51.8 Å². The summed E-state index contributed by atoms with van der Waals surface area (Å²) in [5.41, 5.74) is 1.87. The third kappa shape index (κ3) is 5.43. The maximum Gasteiger partial charge on any atom is 0.244 e. The van der Waals surface area contributed by atoms with Gasteiger partial charge in [-0.05, 0) is 55.6 Å². The lowest BCUT2D eigenvalue weighted by Gasteiger charge is -2.25. The molecule has 2 aromatic carbocycles. The van der Waals surface area contributed by atoms with Gasteiger partial charge < -0.3 is 24.4 Å². The van der Waals surface area contributed by atoms with Gasteiger partial charge in [-0.2, -0.15) is 0 Å². The molecule has 1 amide bonds. The number of nitrogens with zero attached hydrogens (tertiary/aromatic N) is 1. The molecule has 0 saturated carbocycles. The van der Waals surface area contributed by atoms with Crippen molar-refractivity contribution in [1.29, 1.82) is 0 Å². The summed E-state index contributed by atoms with van der Waals surface area (Å²) in [7, 11) is 5.60. The van der Waals surface area contributed by atoms with Gasteiger partial charge in [0.25, 0.3) is 0 Å². The van der Waals surface area contributed by atoms with Crippen LogP contribution in [0.2, 0.25) is 5.02 Å². The van der Waals surface area contributed by atoms with Gasteiger partial charge in [0.05, 0.1) is 18.2 Å². The fraction of sp³-hybridized carbons (Fsp3) is 0.318. The highest BCUT2D eigenvalue weighted by Crippen LogP contribution is 2.38. The smallest absolute Gasteiger partial charge is 0.244 e. The SMILES string of the molecule is COc1ccc(C(CNC(=O)/C=C/c2cc(Cl)c3c(c2)OCCO3)N(C)C)cc1. The van der Waals surface area contributed by atoms with Crippen molar-refractivity contribution in [3.8, 4) is 17.2 Å². The number of likely N-dealkylation sites (N-methyl/N-ethyl adjacent to an activating group) is 1. The molecule has 1 aliphatic rings. The van der Waals surface area contributed by atoms with Crippen molar-refractivity contribution in [2.24, 2.45) is 0 Å². The summed E-state index contributed by atoms with van der Waals surface area (Å²) in [6, 6.07) is 11.4. The molecule has 1 N–H and O–H groups in total. The van der Waals surface area contributed by atoms with Gasteiger partial charge in [0.2, 0.25) is 5.91 Å². The molecule has 0 fully saturated rings. The van der Waals surface area contributed by atoms with Crippen molar-refractivity contribution in [2.75, 3.05) is 41.0 Å². The molecule has 1 unspecified atom stereocenters. The van der Waals surface area contributed by atoms with Crippen LogP contribution in [0.4, 0.5) is 0 Å². The van der Waals surface area contributed by atoms with E-state index in [0.717, 1.165) is 16.9 Å². The van der Waals surface area contributed by atoms with Crippen LogP contribution < -0.4 is 19.5 Å². The van der Waals surface area contributed by atoms with Crippen LogP contribution in [0.3, 0.4) is 0 Å². The van der Waals surface area contributed by atoms with Crippen molar-refractivity contribution >= 4 is 23.6 Å². The maximum absolute atomic E-state index is 12.3. The first kappa shape index (κ1) is 21.0. The van der Waals surface area contributed by atoms with Crippen LogP contribution in [0.5, 0.6) is 17.2 Å².